The number of nitrogens with two attached hydrogens (primary N) is 1. The number of carboxylic acid groups (broad SMARTS) is 1. The van der Waals surface area contributed by atoms with Crippen LogP contribution in [0.1, 0.15) is 25.7 Å². The first kappa shape index (κ1) is 14.7. The van der Waals surface area contributed by atoms with Gasteiger partial charge in [0.2, 0.25) is 0 Å². The van der Waals surface area contributed by atoms with Crippen LogP contribution in [0.4, 0.5) is 0 Å². The first-order chi connectivity index (χ1) is 9.00. The summed E-state index contributed by atoms with van der Waals surface area (Å²) in [6.07, 6.45) is 3.05. The van der Waals surface area contributed by atoms with E-state index >= 15 is 0 Å². The maximum absolute atomic E-state index is 11.3. The quantitative estimate of drug-likeness (QED) is 0.752. The zero-order valence-corrected chi connectivity index (χ0v) is 11.7. The van der Waals surface area contributed by atoms with E-state index in [4.69, 9.17) is 15.2 Å². The van der Waals surface area contributed by atoms with Crippen LogP contribution in [0.25, 0.3) is 0 Å². The van der Waals surface area contributed by atoms with Crippen LogP contribution in [0.15, 0.2) is 0 Å². The molecule has 0 aromatic heterocycles. The van der Waals surface area contributed by atoms with Crippen molar-refractivity contribution in [3.05, 3.63) is 0 Å². The molecule has 1 aliphatic carbocycles. The molecule has 2 aliphatic rings. The lowest BCUT2D eigenvalue weighted by Crippen LogP contribution is -2.55. The summed E-state index contributed by atoms with van der Waals surface area (Å²) in [6.45, 7) is 1.57. The topological polar surface area (TPSA) is 85.0 Å². The largest absolute Gasteiger partial charge is 0.480 e. The van der Waals surface area contributed by atoms with E-state index in [1.807, 2.05) is 0 Å². The zero-order valence-electron chi connectivity index (χ0n) is 11.7. The van der Waals surface area contributed by atoms with Crippen molar-refractivity contribution in [2.45, 2.75) is 49.5 Å². The third-order valence-electron chi connectivity index (χ3n) is 4.55. The first-order valence-corrected chi connectivity index (χ1v) is 6.82. The van der Waals surface area contributed by atoms with Crippen molar-refractivity contribution in [2.24, 2.45) is 5.73 Å². The van der Waals surface area contributed by atoms with Crippen LogP contribution in [0.3, 0.4) is 0 Å². The molecule has 0 spiro atoms. The average Bonchev–Trinajstić information content (AvgIpc) is 2.82. The number of methoxy groups -OCH3 is 2. The molecular weight excluding hydrogens is 248 g/mol. The van der Waals surface area contributed by atoms with Gasteiger partial charge in [-0.1, -0.05) is 0 Å². The maximum atomic E-state index is 11.3. The van der Waals surface area contributed by atoms with Crippen LogP contribution < -0.4 is 5.73 Å². The van der Waals surface area contributed by atoms with Gasteiger partial charge in [0.25, 0.3) is 0 Å². The van der Waals surface area contributed by atoms with Gasteiger partial charge in [-0.25, -0.2) is 0 Å². The second-order valence-electron chi connectivity index (χ2n) is 5.71. The molecule has 1 saturated heterocycles. The number of likely N-dealkylation sites (tertiary alicyclic amines) is 1. The predicted molar refractivity (Wildman–Crippen MR) is 70.0 cm³/mol. The minimum Gasteiger partial charge on any atom is -0.480 e. The summed E-state index contributed by atoms with van der Waals surface area (Å²) in [6, 6.07) is 0.215. The molecule has 0 amide bonds. The molecule has 2 rings (SSSR count). The van der Waals surface area contributed by atoms with E-state index in [9.17, 15) is 9.90 Å². The van der Waals surface area contributed by atoms with E-state index in [2.05, 4.69) is 4.90 Å². The van der Waals surface area contributed by atoms with E-state index in [0.29, 0.717) is 12.8 Å². The number of ether oxygens (including phenoxy) is 2. The molecule has 0 radical (unpaired) electrons. The van der Waals surface area contributed by atoms with Crippen LogP contribution in [0, 0.1) is 0 Å². The molecule has 1 saturated carbocycles. The summed E-state index contributed by atoms with van der Waals surface area (Å²) in [4.78, 5) is 13.6. The summed E-state index contributed by atoms with van der Waals surface area (Å²) < 4.78 is 10.8. The molecule has 110 valence electrons. The predicted octanol–water partition coefficient (Wildman–Crippen LogP) is 0.0567. The fourth-order valence-corrected chi connectivity index (χ4v) is 3.31. The number of aliphatic carboxylic acids is 1. The molecule has 3 N–H and O–H groups in total. The number of rotatable bonds is 4. The molecule has 1 heterocycles. The minimum absolute atomic E-state index is 0.0592. The highest BCUT2D eigenvalue weighted by Crippen LogP contribution is 2.32. The van der Waals surface area contributed by atoms with Crippen LogP contribution >= 0.6 is 0 Å². The van der Waals surface area contributed by atoms with Gasteiger partial charge in [0.1, 0.15) is 5.54 Å². The highest BCUT2D eigenvalue weighted by molar-refractivity contribution is 5.78. The lowest BCUT2D eigenvalue weighted by Gasteiger charge is -2.39. The maximum Gasteiger partial charge on any atom is 0.323 e. The van der Waals surface area contributed by atoms with Gasteiger partial charge in [-0.05, 0) is 25.7 Å². The lowest BCUT2D eigenvalue weighted by molar-refractivity contribution is -0.145. The molecule has 0 aromatic carbocycles. The second-order valence-corrected chi connectivity index (χ2v) is 5.71. The lowest BCUT2D eigenvalue weighted by atomic mass is 9.79. The smallest absolute Gasteiger partial charge is 0.323 e. The molecule has 4 unspecified atom stereocenters. The van der Waals surface area contributed by atoms with Gasteiger partial charge in [0.15, 0.2) is 0 Å². The minimum atomic E-state index is -1.07. The molecule has 2 fully saturated rings. The molecular formula is C13H24N2O4. The van der Waals surface area contributed by atoms with E-state index in [1.165, 1.54) is 0 Å². The molecule has 4 atom stereocenters. The van der Waals surface area contributed by atoms with Crippen molar-refractivity contribution in [1.29, 1.82) is 0 Å². The Morgan fingerprint density at radius 1 is 1.32 bits per heavy atom. The van der Waals surface area contributed by atoms with Gasteiger partial charge in [0, 0.05) is 33.4 Å². The zero-order chi connectivity index (χ0) is 14.0. The molecule has 0 bridgehead atoms. The van der Waals surface area contributed by atoms with Gasteiger partial charge in [-0.2, -0.15) is 0 Å². The Hall–Kier alpha value is -0.690. The van der Waals surface area contributed by atoms with Crippen molar-refractivity contribution in [2.75, 3.05) is 27.3 Å². The Kier molecular flexibility index (Phi) is 4.45. The third kappa shape index (κ3) is 2.91. The molecule has 0 aromatic rings. The Labute approximate surface area is 113 Å². The average molecular weight is 272 g/mol. The summed E-state index contributed by atoms with van der Waals surface area (Å²) >= 11 is 0. The van der Waals surface area contributed by atoms with Crippen molar-refractivity contribution in [3.8, 4) is 0 Å². The van der Waals surface area contributed by atoms with Crippen LogP contribution in [0.2, 0.25) is 0 Å². The van der Waals surface area contributed by atoms with Crippen LogP contribution in [-0.2, 0) is 14.3 Å². The van der Waals surface area contributed by atoms with Gasteiger partial charge in [-0.15, -0.1) is 0 Å². The highest BCUT2D eigenvalue weighted by Gasteiger charge is 2.44. The van der Waals surface area contributed by atoms with Crippen molar-refractivity contribution in [3.63, 3.8) is 0 Å². The van der Waals surface area contributed by atoms with Crippen LogP contribution in [-0.4, -0.2) is 67.1 Å². The number of hydrogen-bond acceptors (Lipinski definition) is 5. The van der Waals surface area contributed by atoms with E-state index < -0.39 is 11.5 Å². The normalized spacial score (nSPS) is 40.5. The number of nitrogens with zero attached hydrogens (tertiary/aromatic N) is 1. The highest BCUT2D eigenvalue weighted by atomic mass is 16.5. The molecule has 19 heavy (non-hydrogen) atoms. The van der Waals surface area contributed by atoms with E-state index in [1.54, 1.807) is 14.2 Å². The standard InChI is InChI=1S/C13H24N2O4/c1-18-10-7-15(8-11(10)19-2)9-4-3-5-13(14,6-9)12(16)17/h9-11H,3-8,14H2,1-2H3,(H,16,17). The number of carboxylic acids is 1. The Morgan fingerprint density at radius 3 is 2.37 bits per heavy atom. The van der Waals surface area contributed by atoms with Gasteiger partial charge in [-0.3, -0.25) is 9.69 Å². The van der Waals surface area contributed by atoms with Gasteiger partial charge >= 0.3 is 5.97 Å². The Balaban J connectivity index is 2.01. The van der Waals surface area contributed by atoms with Crippen molar-refractivity contribution in [1.82, 2.24) is 4.90 Å². The molecule has 1 aliphatic heterocycles. The Morgan fingerprint density at radius 2 is 1.89 bits per heavy atom. The summed E-state index contributed by atoms with van der Waals surface area (Å²) in [5, 5.41) is 9.26. The van der Waals surface area contributed by atoms with Crippen molar-refractivity contribution >= 4 is 5.97 Å². The molecule has 6 nitrogen and oxygen atoms in total. The summed E-state index contributed by atoms with van der Waals surface area (Å²) in [7, 11) is 3.37. The second kappa shape index (κ2) is 5.75. The van der Waals surface area contributed by atoms with E-state index in [0.717, 1.165) is 25.9 Å². The van der Waals surface area contributed by atoms with Gasteiger partial charge < -0.3 is 20.3 Å². The summed E-state index contributed by atoms with van der Waals surface area (Å²) in [5.41, 5.74) is 4.93. The Bertz CT molecular complexity index is 327. The fraction of sp³-hybridized carbons (Fsp3) is 0.923. The number of hydrogen-bond donors (Lipinski definition) is 2. The van der Waals surface area contributed by atoms with Gasteiger partial charge in [0.05, 0.1) is 12.2 Å². The fourth-order valence-electron chi connectivity index (χ4n) is 3.31. The van der Waals surface area contributed by atoms with E-state index in [-0.39, 0.29) is 18.2 Å². The monoisotopic (exact) mass is 272 g/mol. The molecule has 6 heteroatoms. The van der Waals surface area contributed by atoms with Crippen molar-refractivity contribution < 1.29 is 19.4 Å². The number of carbonyl (C=O) groups is 1. The first-order valence-electron chi connectivity index (χ1n) is 6.82. The third-order valence-corrected chi connectivity index (χ3v) is 4.55. The summed E-state index contributed by atoms with van der Waals surface area (Å²) in [5.74, 6) is -0.886. The SMILES string of the molecule is COC1CN(C2CCCC(N)(C(=O)O)C2)CC1OC. The van der Waals surface area contributed by atoms with Crippen LogP contribution in [0.5, 0.6) is 0 Å².